The molecule has 2 aromatic heterocycles. The van der Waals surface area contributed by atoms with Crippen molar-refractivity contribution in [3.8, 4) is 0 Å². The standard InChI is InChI=1S/C23H26N4O/c1-16-11-18(3)21(12-17(16)2)22(26-15-20-5-4-8-25-13-20)23(28)27-14-19-6-9-24-10-7-19/h4-13,22,26H,14-15H2,1-3H3,(H,27,28)/t22-/m1/s1. The van der Waals surface area contributed by atoms with Gasteiger partial charge in [0.2, 0.25) is 5.91 Å². The summed E-state index contributed by atoms with van der Waals surface area (Å²) in [5.41, 5.74) is 6.56. The van der Waals surface area contributed by atoms with Crippen LogP contribution in [0.5, 0.6) is 0 Å². The van der Waals surface area contributed by atoms with Crippen molar-refractivity contribution in [2.75, 3.05) is 0 Å². The highest BCUT2D eigenvalue weighted by Gasteiger charge is 2.22. The summed E-state index contributed by atoms with van der Waals surface area (Å²) in [6.45, 7) is 7.25. The Bertz CT molecular complexity index is 926. The predicted octanol–water partition coefficient (Wildman–Crippen LogP) is 3.55. The Hall–Kier alpha value is -3.05. The van der Waals surface area contributed by atoms with Crippen molar-refractivity contribution in [2.45, 2.75) is 39.9 Å². The van der Waals surface area contributed by atoms with Gasteiger partial charge in [0.15, 0.2) is 0 Å². The summed E-state index contributed by atoms with van der Waals surface area (Å²) in [4.78, 5) is 21.3. The molecule has 0 unspecified atom stereocenters. The lowest BCUT2D eigenvalue weighted by molar-refractivity contribution is -0.123. The first kappa shape index (κ1) is 19.7. The van der Waals surface area contributed by atoms with Crippen LogP contribution in [0.2, 0.25) is 0 Å². The highest BCUT2D eigenvalue weighted by molar-refractivity contribution is 5.83. The molecule has 0 aliphatic heterocycles. The van der Waals surface area contributed by atoms with Crippen LogP contribution in [0, 0.1) is 20.8 Å². The van der Waals surface area contributed by atoms with E-state index in [4.69, 9.17) is 0 Å². The summed E-state index contributed by atoms with van der Waals surface area (Å²) in [7, 11) is 0. The van der Waals surface area contributed by atoms with Gasteiger partial charge in [0.1, 0.15) is 6.04 Å². The smallest absolute Gasteiger partial charge is 0.242 e. The number of pyridine rings is 2. The fourth-order valence-electron chi connectivity index (χ4n) is 3.15. The van der Waals surface area contributed by atoms with Gasteiger partial charge in [0.05, 0.1) is 0 Å². The Balaban J connectivity index is 1.81. The Labute approximate surface area is 166 Å². The van der Waals surface area contributed by atoms with Crippen LogP contribution in [0.15, 0.2) is 61.2 Å². The zero-order valence-electron chi connectivity index (χ0n) is 16.6. The summed E-state index contributed by atoms with van der Waals surface area (Å²) >= 11 is 0. The Morgan fingerprint density at radius 3 is 2.36 bits per heavy atom. The van der Waals surface area contributed by atoms with Crippen LogP contribution in [0.1, 0.15) is 39.4 Å². The van der Waals surface area contributed by atoms with Crippen LogP contribution in [0.3, 0.4) is 0 Å². The van der Waals surface area contributed by atoms with Crippen LogP contribution in [0.4, 0.5) is 0 Å². The van der Waals surface area contributed by atoms with Gasteiger partial charge in [-0.25, -0.2) is 0 Å². The van der Waals surface area contributed by atoms with E-state index in [-0.39, 0.29) is 5.91 Å². The van der Waals surface area contributed by atoms with Crippen LogP contribution >= 0.6 is 0 Å². The minimum atomic E-state index is -0.443. The maximum Gasteiger partial charge on any atom is 0.242 e. The van der Waals surface area contributed by atoms with Crippen LogP contribution < -0.4 is 10.6 Å². The molecule has 0 fully saturated rings. The third-order valence-electron chi connectivity index (χ3n) is 4.90. The zero-order chi connectivity index (χ0) is 19.9. The lowest BCUT2D eigenvalue weighted by Gasteiger charge is -2.22. The molecule has 1 atom stereocenters. The van der Waals surface area contributed by atoms with E-state index in [0.29, 0.717) is 13.1 Å². The number of nitrogens with one attached hydrogen (secondary N) is 2. The molecule has 0 spiro atoms. The topological polar surface area (TPSA) is 66.9 Å². The van der Waals surface area contributed by atoms with Gasteiger partial charge >= 0.3 is 0 Å². The summed E-state index contributed by atoms with van der Waals surface area (Å²) in [6, 6.07) is 11.5. The summed E-state index contributed by atoms with van der Waals surface area (Å²) < 4.78 is 0. The lowest BCUT2D eigenvalue weighted by atomic mass is 9.95. The number of hydrogen-bond acceptors (Lipinski definition) is 4. The molecule has 2 heterocycles. The van der Waals surface area contributed by atoms with Gasteiger partial charge in [-0.05, 0) is 72.4 Å². The van der Waals surface area contributed by atoms with Gasteiger partial charge in [0, 0.05) is 37.9 Å². The van der Waals surface area contributed by atoms with E-state index in [1.165, 1.54) is 11.1 Å². The quantitative estimate of drug-likeness (QED) is 0.664. The van der Waals surface area contributed by atoms with E-state index in [2.05, 4.69) is 53.5 Å². The van der Waals surface area contributed by atoms with Crippen molar-refractivity contribution >= 4 is 5.91 Å². The predicted molar refractivity (Wildman–Crippen MR) is 111 cm³/mol. The van der Waals surface area contributed by atoms with Crippen molar-refractivity contribution < 1.29 is 4.79 Å². The van der Waals surface area contributed by atoms with E-state index in [0.717, 1.165) is 22.3 Å². The lowest BCUT2D eigenvalue weighted by Crippen LogP contribution is -2.37. The molecule has 144 valence electrons. The first-order valence-electron chi connectivity index (χ1n) is 9.41. The van der Waals surface area contributed by atoms with E-state index in [1.807, 2.05) is 30.5 Å². The van der Waals surface area contributed by atoms with Crippen molar-refractivity contribution in [2.24, 2.45) is 0 Å². The molecule has 28 heavy (non-hydrogen) atoms. The largest absolute Gasteiger partial charge is 0.350 e. The van der Waals surface area contributed by atoms with Crippen molar-refractivity contribution in [3.05, 3.63) is 94.6 Å². The highest BCUT2D eigenvalue weighted by atomic mass is 16.2. The number of carbonyl (C=O) groups excluding carboxylic acids is 1. The Kier molecular flexibility index (Phi) is 6.50. The van der Waals surface area contributed by atoms with Crippen molar-refractivity contribution in [3.63, 3.8) is 0 Å². The number of rotatable bonds is 7. The molecule has 1 aromatic carbocycles. The normalized spacial score (nSPS) is 11.8. The molecule has 3 rings (SSSR count). The third-order valence-corrected chi connectivity index (χ3v) is 4.90. The third kappa shape index (κ3) is 5.02. The molecule has 5 heteroatoms. The number of benzene rings is 1. The maximum atomic E-state index is 13.1. The summed E-state index contributed by atoms with van der Waals surface area (Å²) in [5, 5.41) is 6.46. The van der Waals surface area contributed by atoms with Gasteiger partial charge in [-0.15, -0.1) is 0 Å². The van der Waals surface area contributed by atoms with Gasteiger partial charge < -0.3 is 5.32 Å². The number of nitrogens with zero attached hydrogens (tertiary/aromatic N) is 2. The fourth-order valence-corrected chi connectivity index (χ4v) is 3.15. The highest BCUT2D eigenvalue weighted by Crippen LogP contribution is 2.23. The molecule has 1 amide bonds. The first-order valence-corrected chi connectivity index (χ1v) is 9.41. The number of carbonyl (C=O) groups is 1. The monoisotopic (exact) mass is 374 g/mol. The molecule has 0 saturated carbocycles. The van der Waals surface area contributed by atoms with E-state index in [1.54, 1.807) is 18.6 Å². The molecule has 3 aromatic rings. The molecule has 0 saturated heterocycles. The minimum Gasteiger partial charge on any atom is -0.350 e. The maximum absolute atomic E-state index is 13.1. The number of hydrogen-bond donors (Lipinski definition) is 2. The second-order valence-corrected chi connectivity index (χ2v) is 7.04. The van der Waals surface area contributed by atoms with E-state index in [9.17, 15) is 4.79 Å². The van der Waals surface area contributed by atoms with Gasteiger partial charge in [0.25, 0.3) is 0 Å². The zero-order valence-corrected chi connectivity index (χ0v) is 16.6. The molecular weight excluding hydrogens is 348 g/mol. The summed E-state index contributed by atoms with van der Waals surface area (Å²) in [5.74, 6) is -0.0490. The first-order chi connectivity index (χ1) is 13.5. The average Bonchev–Trinajstić information content (AvgIpc) is 2.71. The fraction of sp³-hybridized carbons (Fsp3) is 0.261. The van der Waals surface area contributed by atoms with Gasteiger partial charge in [-0.2, -0.15) is 0 Å². The molecule has 0 radical (unpaired) electrons. The van der Waals surface area contributed by atoms with Crippen LogP contribution in [0.25, 0.3) is 0 Å². The van der Waals surface area contributed by atoms with Crippen molar-refractivity contribution in [1.82, 2.24) is 20.6 Å². The number of amides is 1. The Morgan fingerprint density at radius 2 is 1.64 bits per heavy atom. The van der Waals surface area contributed by atoms with E-state index >= 15 is 0 Å². The minimum absolute atomic E-state index is 0.0490. The Morgan fingerprint density at radius 1 is 0.893 bits per heavy atom. The van der Waals surface area contributed by atoms with Gasteiger partial charge in [-0.1, -0.05) is 18.2 Å². The SMILES string of the molecule is Cc1cc(C)c([C@@H](NCc2cccnc2)C(=O)NCc2ccncc2)cc1C. The number of aryl methyl sites for hydroxylation is 3. The average molecular weight is 374 g/mol. The summed E-state index contributed by atoms with van der Waals surface area (Å²) in [6.07, 6.45) is 7.02. The number of aromatic nitrogens is 2. The molecule has 2 N–H and O–H groups in total. The molecular formula is C23H26N4O. The van der Waals surface area contributed by atoms with Crippen molar-refractivity contribution in [1.29, 1.82) is 0 Å². The molecule has 0 bridgehead atoms. The van der Waals surface area contributed by atoms with Gasteiger partial charge in [-0.3, -0.25) is 20.1 Å². The second-order valence-electron chi connectivity index (χ2n) is 7.04. The second kappa shape index (κ2) is 9.24. The van der Waals surface area contributed by atoms with E-state index < -0.39 is 6.04 Å². The molecule has 0 aliphatic carbocycles. The van der Waals surface area contributed by atoms with Crippen LogP contribution in [-0.4, -0.2) is 15.9 Å². The molecule has 0 aliphatic rings. The molecule has 5 nitrogen and oxygen atoms in total. The van der Waals surface area contributed by atoms with Crippen LogP contribution in [-0.2, 0) is 17.9 Å².